The van der Waals surface area contributed by atoms with Crippen LogP contribution in [0.2, 0.25) is 0 Å². The first-order valence-electron chi connectivity index (χ1n) is 6.93. The van der Waals surface area contributed by atoms with Gasteiger partial charge in [-0.3, -0.25) is 0 Å². The van der Waals surface area contributed by atoms with E-state index in [9.17, 15) is 0 Å². The highest BCUT2D eigenvalue weighted by atomic mass is 16.5. The molecular formula is C14H25N3O2. The van der Waals surface area contributed by atoms with E-state index in [-0.39, 0.29) is 5.60 Å². The number of imidazole rings is 1. The van der Waals surface area contributed by atoms with Crippen molar-refractivity contribution in [3.8, 4) is 0 Å². The summed E-state index contributed by atoms with van der Waals surface area (Å²) < 4.78 is 13.0. The van der Waals surface area contributed by atoms with Crippen molar-refractivity contribution < 1.29 is 9.47 Å². The Kier molecular flexibility index (Phi) is 4.47. The van der Waals surface area contributed by atoms with Crippen LogP contribution in [0.5, 0.6) is 0 Å². The van der Waals surface area contributed by atoms with Crippen LogP contribution in [0.4, 0.5) is 5.95 Å². The maximum Gasteiger partial charge on any atom is 0.203 e. The van der Waals surface area contributed by atoms with Gasteiger partial charge >= 0.3 is 0 Å². The number of anilines is 1. The zero-order chi connectivity index (χ0) is 13.9. The highest BCUT2D eigenvalue weighted by Crippen LogP contribution is 2.26. The Morgan fingerprint density at radius 3 is 3.05 bits per heavy atom. The number of hydrogen-bond acceptors (Lipinski definition) is 4. The van der Waals surface area contributed by atoms with Crippen LogP contribution in [0.15, 0.2) is 6.20 Å². The zero-order valence-electron chi connectivity index (χ0n) is 12.4. The van der Waals surface area contributed by atoms with Gasteiger partial charge < -0.3 is 19.4 Å². The summed E-state index contributed by atoms with van der Waals surface area (Å²) in [5.74, 6) is 0.942. The van der Waals surface area contributed by atoms with Crippen molar-refractivity contribution in [3.63, 3.8) is 0 Å². The third-order valence-electron chi connectivity index (χ3n) is 3.46. The number of aromatic nitrogens is 2. The molecule has 1 fully saturated rings. The lowest BCUT2D eigenvalue weighted by Crippen LogP contribution is -2.40. The van der Waals surface area contributed by atoms with Crippen LogP contribution in [0.3, 0.4) is 0 Å². The quantitative estimate of drug-likeness (QED) is 0.888. The van der Waals surface area contributed by atoms with Gasteiger partial charge in [0.25, 0.3) is 0 Å². The van der Waals surface area contributed by atoms with Gasteiger partial charge in [-0.15, -0.1) is 0 Å². The first kappa shape index (κ1) is 14.3. The molecule has 1 atom stereocenters. The minimum Gasteiger partial charge on any atom is -0.383 e. The SMILES string of the molecule is COCCn1cc(C)nc1NC1CCOC(C)(C)C1. The lowest BCUT2D eigenvalue weighted by Gasteiger charge is -2.36. The first-order chi connectivity index (χ1) is 9.00. The molecule has 1 aromatic rings. The Balaban J connectivity index is 2.01. The predicted octanol–water partition coefficient (Wildman–Crippen LogP) is 2.21. The highest BCUT2D eigenvalue weighted by Gasteiger charge is 2.29. The fraction of sp³-hybridized carbons (Fsp3) is 0.786. The average molecular weight is 267 g/mol. The van der Waals surface area contributed by atoms with Crippen molar-refractivity contribution in [1.82, 2.24) is 9.55 Å². The van der Waals surface area contributed by atoms with Gasteiger partial charge in [0.1, 0.15) is 0 Å². The van der Waals surface area contributed by atoms with Crippen molar-refractivity contribution in [1.29, 1.82) is 0 Å². The van der Waals surface area contributed by atoms with Crippen LogP contribution < -0.4 is 5.32 Å². The van der Waals surface area contributed by atoms with E-state index in [1.54, 1.807) is 7.11 Å². The molecule has 0 saturated carbocycles. The van der Waals surface area contributed by atoms with E-state index in [0.29, 0.717) is 12.6 Å². The van der Waals surface area contributed by atoms with Gasteiger partial charge in [-0.1, -0.05) is 0 Å². The molecule has 0 radical (unpaired) electrons. The molecule has 1 N–H and O–H groups in total. The first-order valence-corrected chi connectivity index (χ1v) is 6.93. The largest absolute Gasteiger partial charge is 0.383 e. The maximum atomic E-state index is 5.75. The van der Waals surface area contributed by atoms with Gasteiger partial charge in [0, 0.05) is 32.5 Å². The van der Waals surface area contributed by atoms with Gasteiger partial charge in [-0.05, 0) is 33.6 Å². The van der Waals surface area contributed by atoms with Crippen molar-refractivity contribution in [2.24, 2.45) is 0 Å². The monoisotopic (exact) mass is 267 g/mol. The molecule has 5 heteroatoms. The molecule has 2 rings (SSSR count). The summed E-state index contributed by atoms with van der Waals surface area (Å²) in [5, 5.41) is 3.55. The van der Waals surface area contributed by atoms with E-state index in [1.807, 2.05) is 6.92 Å². The fourth-order valence-electron chi connectivity index (χ4n) is 2.56. The topological polar surface area (TPSA) is 48.3 Å². The highest BCUT2D eigenvalue weighted by molar-refractivity contribution is 5.30. The second-order valence-electron chi connectivity index (χ2n) is 5.83. The van der Waals surface area contributed by atoms with Gasteiger partial charge in [-0.25, -0.2) is 4.98 Å². The summed E-state index contributed by atoms with van der Waals surface area (Å²) in [6.07, 6.45) is 4.09. The van der Waals surface area contributed by atoms with Crippen LogP contribution in [0.1, 0.15) is 32.4 Å². The molecule has 0 spiro atoms. The summed E-state index contributed by atoms with van der Waals surface area (Å²) >= 11 is 0. The van der Waals surface area contributed by atoms with E-state index in [2.05, 4.69) is 34.9 Å². The van der Waals surface area contributed by atoms with Crippen LogP contribution in [0.25, 0.3) is 0 Å². The van der Waals surface area contributed by atoms with E-state index in [4.69, 9.17) is 9.47 Å². The summed E-state index contributed by atoms with van der Waals surface area (Å²) in [6, 6.07) is 0.423. The Labute approximate surface area is 115 Å². The minimum atomic E-state index is -0.0467. The Morgan fingerprint density at radius 1 is 1.58 bits per heavy atom. The van der Waals surface area contributed by atoms with Crippen molar-refractivity contribution in [3.05, 3.63) is 11.9 Å². The molecule has 1 aliphatic heterocycles. The van der Waals surface area contributed by atoms with E-state index < -0.39 is 0 Å². The smallest absolute Gasteiger partial charge is 0.203 e. The molecule has 2 heterocycles. The number of nitrogens with zero attached hydrogens (tertiary/aromatic N) is 2. The lowest BCUT2D eigenvalue weighted by molar-refractivity contribution is -0.0554. The molecule has 1 aliphatic rings. The number of aryl methyl sites for hydroxylation is 1. The molecule has 5 nitrogen and oxygen atoms in total. The molecule has 1 saturated heterocycles. The zero-order valence-corrected chi connectivity index (χ0v) is 12.4. The molecule has 108 valence electrons. The van der Waals surface area contributed by atoms with E-state index in [0.717, 1.165) is 37.6 Å². The van der Waals surface area contributed by atoms with Gasteiger partial charge in [0.15, 0.2) is 0 Å². The third-order valence-corrected chi connectivity index (χ3v) is 3.46. The summed E-state index contributed by atoms with van der Waals surface area (Å²) in [4.78, 5) is 4.56. The van der Waals surface area contributed by atoms with Crippen molar-refractivity contribution in [2.45, 2.75) is 51.8 Å². The van der Waals surface area contributed by atoms with E-state index in [1.165, 1.54) is 0 Å². The number of rotatable bonds is 5. The molecule has 1 aromatic heterocycles. The van der Waals surface area contributed by atoms with Crippen molar-refractivity contribution in [2.75, 3.05) is 25.6 Å². The number of ether oxygens (including phenoxy) is 2. The fourth-order valence-corrected chi connectivity index (χ4v) is 2.56. The minimum absolute atomic E-state index is 0.0467. The second-order valence-corrected chi connectivity index (χ2v) is 5.83. The molecule has 0 amide bonds. The van der Waals surface area contributed by atoms with Crippen LogP contribution in [0, 0.1) is 6.92 Å². The van der Waals surface area contributed by atoms with Gasteiger partial charge in [-0.2, -0.15) is 0 Å². The Hall–Kier alpha value is -1.07. The van der Waals surface area contributed by atoms with Crippen LogP contribution in [-0.4, -0.2) is 41.5 Å². The van der Waals surface area contributed by atoms with Crippen molar-refractivity contribution >= 4 is 5.95 Å². The molecule has 0 aliphatic carbocycles. The number of methoxy groups -OCH3 is 1. The summed E-state index contributed by atoms with van der Waals surface area (Å²) in [5.41, 5.74) is 0.986. The third kappa shape index (κ3) is 3.94. The number of hydrogen-bond donors (Lipinski definition) is 1. The normalized spacial score (nSPS) is 22.4. The Bertz CT molecular complexity index is 415. The van der Waals surface area contributed by atoms with Gasteiger partial charge in [0.2, 0.25) is 5.95 Å². The number of nitrogens with one attached hydrogen (secondary N) is 1. The second kappa shape index (κ2) is 5.92. The predicted molar refractivity (Wildman–Crippen MR) is 75.5 cm³/mol. The molecule has 0 bridgehead atoms. The lowest BCUT2D eigenvalue weighted by atomic mass is 9.94. The molecule has 0 aromatic carbocycles. The summed E-state index contributed by atoms with van der Waals surface area (Å²) in [7, 11) is 1.72. The summed E-state index contributed by atoms with van der Waals surface area (Å²) in [6.45, 7) is 8.63. The Morgan fingerprint density at radius 2 is 2.37 bits per heavy atom. The average Bonchev–Trinajstić information content (AvgIpc) is 2.65. The molecule has 19 heavy (non-hydrogen) atoms. The molecular weight excluding hydrogens is 242 g/mol. The maximum absolute atomic E-state index is 5.75. The van der Waals surface area contributed by atoms with Crippen LogP contribution >= 0.6 is 0 Å². The van der Waals surface area contributed by atoms with E-state index >= 15 is 0 Å². The van der Waals surface area contributed by atoms with Crippen LogP contribution in [-0.2, 0) is 16.0 Å². The molecule has 1 unspecified atom stereocenters. The van der Waals surface area contributed by atoms with Gasteiger partial charge in [0.05, 0.1) is 17.9 Å². The standard InChI is InChI=1S/C14H25N3O2/c1-11-10-17(6-8-18-4)13(15-11)16-12-5-7-19-14(2,3)9-12/h10,12H,5-9H2,1-4H3,(H,15,16).